The largest absolute Gasteiger partial charge is 0.297 e. The maximum absolute atomic E-state index is 12.6. The third-order valence-electron chi connectivity index (χ3n) is 3.83. The smallest absolute Gasteiger partial charge is 0.158 e. The summed E-state index contributed by atoms with van der Waals surface area (Å²) in [4.78, 5) is 14.8. The lowest BCUT2D eigenvalue weighted by atomic mass is 9.93. The van der Waals surface area contributed by atoms with E-state index in [2.05, 4.69) is 39.8 Å². The number of carbonyl (C=O) groups excluding carboxylic acids is 1. The standard InChI is InChI=1S/C14H24BrN3O/c1-7-18(8-2)14(4,5)12(19)9-11-13(15)10(3)16-17(11)6/h7-9H2,1-6H3. The molecular weight excluding hydrogens is 306 g/mol. The van der Waals surface area contributed by atoms with Gasteiger partial charge in [-0.05, 0) is 49.8 Å². The molecular formula is C14H24BrN3O. The van der Waals surface area contributed by atoms with E-state index >= 15 is 0 Å². The number of rotatable bonds is 6. The number of Topliss-reactive ketones (excluding diaryl/α,β-unsaturated/α-hetero) is 1. The SMILES string of the molecule is CCN(CC)C(C)(C)C(=O)Cc1c(Br)c(C)nn1C. The Labute approximate surface area is 124 Å². The maximum Gasteiger partial charge on any atom is 0.158 e. The molecule has 0 atom stereocenters. The second kappa shape index (κ2) is 6.18. The number of ketones is 1. The van der Waals surface area contributed by atoms with Crippen molar-refractivity contribution in [3.8, 4) is 0 Å². The van der Waals surface area contributed by atoms with Crippen LogP contribution < -0.4 is 0 Å². The Balaban J connectivity index is 2.96. The molecule has 1 aromatic rings. The van der Waals surface area contributed by atoms with Crippen molar-refractivity contribution in [2.24, 2.45) is 7.05 Å². The number of hydrogen-bond donors (Lipinski definition) is 0. The van der Waals surface area contributed by atoms with Crippen molar-refractivity contribution in [2.75, 3.05) is 13.1 Å². The zero-order chi connectivity index (χ0) is 14.8. The molecule has 0 aliphatic heterocycles. The van der Waals surface area contributed by atoms with E-state index in [1.807, 2.05) is 27.8 Å². The van der Waals surface area contributed by atoms with Crippen molar-refractivity contribution in [1.29, 1.82) is 0 Å². The summed E-state index contributed by atoms with van der Waals surface area (Å²) in [5.41, 5.74) is 1.43. The van der Waals surface area contributed by atoms with Gasteiger partial charge in [-0.15, -0.1) is 0 Å². The van der Waals surface area contributed by atoms with Gasteiger partial charge >= 0.3 is 0 Å². The molecule has 0 saturated heterocycles. The van der Waals surface area contributed by atoms with E-state index in [-0.39, 0.29) is 5.78 Å². The van der Waals surface area contributed by atoms with Crippen LogP contribution in [-0.4, -0.2) is 39.1 Å². The Kier molecular flexibility index (Phi) is 5.33. The van der Waals surface area contributed by atoms with Gasteiger partial charge in [0.05, 0.1) is 27.8 Å². The normalized spacial score (nSPS) is 12.2. The molecule has 0 N–H and O–H groups in total. The van der Waals surface area contributed by atoms with Crippen LogP contribution in [-0.2, 0) is 18.3 Å². The van der Waals surface area contributed by atoms with Gasteiger partial charge in [-0.3, -0.25) is 14.4 Å². The molecule has 19 heavy (non-hydrogen) atoms. The van der Waals surface area contributed by atoms with Crippen LogP contribution in [0.2, 0.25) is 0 Å². The topological polar surface area (TPSA) is 38.1 Å². The molecule has 1 aromatic heterocycles. The molecule has 4 nitrogen and oxygen atoms in total. The number of likely N-dealkylation sites (N-methyl/N-ethyl adjacent to an activating group) is 1. The van der Waals surface area contributed by atoms with Gasteiger partial charge in [0, 0.05) is 7.05 Å². The Morgan fingerprint density at radius 3 is 2.26 bits per heavy atom. The summed E-state index contributed by atoms with van der Waals surface area (Å²) in [6.45, 7) is 11.9. The first-order valence-corrected chi connectivity index (χ1v) is 7.51. The van der Waals surface area contributed by atoms with Gasteiger partial charge in [0.2, 0.25) is 0 Å². The molecule has 0 amide bonds. The number of hydrogen-bond acceptors (Lipinski definition) is 3. The summed E-state index contributed by atoms with van der Waals surface area (Å²) in [6, 6.07) is 0. The highest BCUT2D eigenvalue weighted by Crippen LogP contribution is 2.24. The van der Waals surface area contributed by atoms with Gasteiger partial charge in [0.1, 0.15) is 0 Å². The minimum absolute atomic E-state index is 0.222. The molecule has 1 rings (SSSR count). The molecule has 0 spiro atoms. The fourth-order valence-electron chi connectivity index (χ4n) is 2.43. The van der Waals surface area contributed by atoms with Crippen LogP contribution in [0.5, 0.6) is 0 Å². The van der Waals surface area contributed by atoms with E-state index in [4.69, 9.17) is 0 Å². The Morgan fingerprint density at radius 1 is 1.37 bits per heavy atom. The second-order valence-electron chi connectivity index (χ2n) is 5.30. The summed E-state index contributed by atoms with van der Waals surface area (Å²) in [6.07, 6.45) is 0.404. The molecule has 0 saturated carbocycles. The third-order valence-corrected chi connectivity index (χ3v) is 4.86. The molecule has 0 unspecified atom stereocenters. The van der Waals surface area contributed by atoms with Crippen LogP contribution in [0.25, 0.3) is 0 Å². The number of halogens is 1. The average Bonchev–Trinajstić information content (AvgIpc) is 2.57. The van der Waals surface area contributed by atoms with E-state index in [9.17, 15) is 4.79 Å². The van der Waals surface area contributed by atoms with E-state index in [0.717, 1.165) is 29.0 Å². The fourth-order valence-corrected chi connectivity index (χ4v) is 2.91. The minimum Gasteiger partial charge on any atom is -0.297 e. The first-order chi connectivity index (χ1) is 8.75. The number of aryl methyl sites for hydroxylation is 2. The summed E-state index contributed by atoms with van der Waals surface area (Å²) in [7, 11) is 1.88. The van der Waals surface area contributed by atoms with Crippen molar-refractivity contribution in [1.82, 2.24) is 14.7 Å². The van der Waals surface area contributed by atoms with Gasteiger partial charge in [0.15, 0.2) is 5.78 Å². The predicted molar refractivity (Wildman–Crippen MR) is 81.4 cm³/mol. The van der Waals surface area contributed by atoms with E-state index in [0.29, 0.717) is 6.42 Å². The maximum atomic E-state index is 12.6. The first kappa shape index (κ1) is 16.4. The summed E-state index contributed by atoms with van der Waals surface area (Å²) in [5.74, 6) is 0.222. The number of nitrogens with zero attached hydrogens (tertiary/aromatic N) is 3. The van der Waals surface area contributed by atoms with Gasteiger partial charge < -0.3 is 0 Å². The molecule has 108 valence electrons. The monoisotopic (exact) mass is 329 g/mol. The van der Waals surface area contributed by atoms with Crippen molar-refractivity contribution in [3.63, 3.8) is 0 Å². The first-order valence-electron chi connectivity index (χ1n) is 6.71. The van der Waals surface area contributed by atoms with Crippen molar-refractivity contribution in [3.05, 3.63) is 15.9 Å². The zero-order valence-electron chi connectivity index (χ0n) is 12.7. The van der Waals surface area contributed by atoms with Crippen molar-refractivity contribution in [2.45, 2.75) is 46.6 Å². The second-order valence-corrected chi connectivity index (χ2v) is 6.09. The van der Waals surface area contributed by atoms with E-state index in [1.165, 1.54) is 0 Å². The molecule has 5 heteroatoms. The molecule has 0 bridgehead atoms. The Bertz CT molecular complexity index is 462. The van der Waals surface area contributed by atoms with Crippen LogP contribution in [0.1, 0.15) is 39.1 Å². The average molecular weight is 330 g/mol. The Hall–Kier alpha value is -0.680. The lowest BCUT2D eigenvalue weighted by Crippen LogP contribution is -2.50. The van der Waals surface area contributed by atoms with E-state index < -0.39 is 5.54 Å². The highest BCUT2D eigenvalue weighted by atomic mass is 79.9. The fraction of sp³-hybridized carbons (Fsp3) is 0.714. The highest BCUT2D eigenvalue weighted by molar-refractivity contribution is 9.10. The van der Waals surface area contributed by atoms with Crippen molar-refractivity contribution < 1.29 is 4.79 Å². The van der Waals surface area contributed by atoms with E-state index in [1.54, 1.807) is 4.68 Å². The van der Waals surface area contributed by atoms with Crippen LogP contribution in [0.15, 0.2) is 4.47 Å². The highest BCUT2D eigenvalue weighted by Gasteiger charge is 2.33. The minimum atomic E-state index is -0.443. The van der Waals surface area contributed by atoms with Gasteiger partial charge in [-0.1, -0.05) is 13.8 Å². The lowest BCUT2D eigenvalue weighted by molar-refractivity contribution is -0.128. The Morgan fingerprint density at radius 2 is 1.89 bits per heavy atom. The molecule has 0 aliphatic carbocycles. The summed E-state index contributed by atoms with van der Waals surface area (Å²) < 4.78 is 2.73. The van der Waals surface area contributed by atoms with Crippen LogP contribution in [0, 0.1) is 6.92 Å². The molecule has 0 radical (unpaired) electrons. The summed E-state index contributed by atoms with van der Waals surface area (Å²) in [5, 5.41) is 4.33. The molecule has 0 fully saturated rings. The van der Waals surface area contributed by atoms with Crippen LogP contribution in [0.3, 0.4) is 0 Å². The number of carbonyl (C=O) groups is 1. The quantitative estimate of drug-likeness (QED) is 0.805. The molecule has 0 aromatic carbocycles. The van der Waals surface area contributed by atoms with Gasteiger partial charge in [0.25, 0.3) is 0 Å². The van der Waals surface area contributed by atoms with Gasteiger partial charge in [-0.25, -0.2) is 0 Å². The van der Waals surface area contributed by atoms with Crippen LogP contribution in [0.4, 0.5) is 0 Å². The molecule has 1 heterocycles. The van der Waals surface area contributed by atoms with Crippen LogP contribution >= 0.6 is 15.9 Å². The predicted octanol–water partition coefficient (Wildman–Crippen LogP) is 2.72. The van der Waals surface area contributed by atoms with Gasteiger partial charge in [-0.2, -0.15) is 5.10 Å². The lowest BCUT2D eigenvalue weighted by Gasteiger charge is -2.35. The zero-order valence-corrected chi connectivity index (χ0v) is 14.3. The number of aromatic nitrogens is 2. The molecule has 0 aliphatic rings. The summed E-state index contributed by atoms with van der Waals surface area (Å²) >= 11 is 3.52. The van der Waals surface area contributed by atoms with Crippen molar-refractivity contribution >= 4 is 21.7 Å². The third kappa shape index (κ3) is 3.26.